The van der Waals surface area contributed by atoms with Crippen LogP contribution in [0.4, 0.5) is 0 Å². The van der Waals surface area contributed by atoms with Gasteiger partial charge in [-0.15, -0.1) is 0 Å². The van der Waals surface area contributed by atoms with Crippen molar-refractivity contribution in [1.82, 2.24) is 15.3 Å². The fourth-order valence-corrected chi connectivity index (χ4v) is 1.93. The van der Waals surface area contributed by atoms with Crippen LogP contribution in [0.5, 0.6) is 11.5 Å². The summed E-state index contributed by atoms with van der Waals surface area (Å²) in [5, 5.41) is 2.47. The number of methoxy groups -OCH3 is 1. The van der Waals surface area contributed by atoms with E-state index in [4.69, 9.17) is 9.47 Å². The molecule has 23 heavy (non-hydrogen) atoms. The Morgan fingerprint density at radius 1 is 1.09 bits per heavy atom. The Labute approximate surface area is 131 Å². The molecule has 2 aromatic rings. The van der Waals surface area contributed by atoms with Crippen molar-refractivity contribution in [2.45, 2.75) is 6.10 Å². The highest BCUT2D eigenvalue weighted by molar-refractivity contribution is 6.21. The van der Waals surface area contributed by atoms with Crippen LogP contribution in [0.3, 0.4) is 0 Å². The number of aromatic nitrogens is 2. The number of nitrogens with one attached hydrogen (secondary N) is 1. The number of carbonyl (C=O) groups is 2. The first-order valence-electron chi connectivity index (χ1n) is 6.69. The maximum atomic E-state index is 12.1. The SMILES string of the molecule is COc1cccc(OC2C(=O)N=C(c3ncccn3)NC2=O)c1. The van der Waals surface area contributed by atoms with Gasteiger partial charge in [-0.3, -0.25) is 9.59 Å². The minimum absolute atomic E-state index is 0.00564. The zero-order valence-electron chi connectivity index (χ0n) is 12.1. The van der Waals surface area contributed by atoms with E-state index in [-0.39, 0.29) is 11.7 Å². The van der Waals surface area contributed by atoms with E-state index in [1.54, 1.807) is 30.3 Å². The number of aliphatic imine (C=N–C) groups is 1. The van der Waals surface area contributed by atoms with E-state index in [0.29, 0.717) is 11.5 Å². The summed E-state index contributed by atoms with van der Waals surface area (Å²) in [5.74, 6) is -0.310. The lowest BCUT2D eigenvalue weighted by Gasteiger charge is -2.20. The molecule has 2 heterocycles. The van der Waals surface area contributed by atoms with Gasteiger partial charge in [0.25, 0.3) is 17.9 Å². The average Bonchev–Trinajstić information content (AvgIpc) is 2.59. The van der Waals surface area contributed by atoms with Crippen molar-refractivity contribution >= 4 is 17.6 Å². The highest BCUT2D eigenvalue weighted by Crippen LogP contribution is 2.21. The average molecular weight is 312 g/mol. The molecule has 3 rings (SSSR count). The van der Waals surface area contributed by atoms with E-state index in [9.17, 15) is 9.59 Å². The fraction of sp³-hybridized carbons (Fsp3) is 0.133. The minimum Gasteiger partial charge on any atom is -0.497 e. The largest absolute Gasteiger partial charge is 0.497 e. The van der Waals surface area contributed by atoms with Crippen LogP contribution >= 0.6 is 0 Å². The van der Waals surface area contributed by atoms with Crippen LogP contribution in [0.15, 0.2) is 47.7 Å². The third kappa shape index (κ3) is 3.15. The van der Waals surface area contributed by atoms with Crippen molar-refractivity contribution in [2.75, 3.05) is 7.11 Å². The summed E-state index contributed by atoms with van der Waals surface area (Å²) < 4.78 is 10.5. The van der Waals surface area contributed by atoms with Crippen LogP contribution in [0.1, 0.15) is 5.82 Å². The second-order valence-electron chi connectivity index (χ2n) is 4.54. The van der Waals surface area contributed by atoms with Crippen molar-refractivity contribution in [3.63, 3.8) is 0 Å². The third-order valence-electron chi connectivity index (χ3n) is 3.00. The Kier molecular flexibility index (Phi) is 3.96. The van der Waals surface area contributed by atoms with Gasteiger partial charge in [0.15, 0.2) is 11.7 Å². The number of amidine groups is 1. The zero-order chi connectivity index (χ0) is 16.2. The highest BCUT2D eigenvalue weighted by atomic mass is 16.5. The first-order valence-corrected chi connectivity index (χ1v) is 6.69. The van der Waals surface area contributed by atoms with Gasteiger partial charge in [0, 0.05) is 18.5 Å². The summed E-state index contributed by atoms with van der Waals surface area (Å²) in [6, 6.07) is 8.21. The molecule has 1 unspecified atom stereocenters. The molecule has 1 N–H and O–H groups in total. The molecule has 0 saturated carbocycles. The molecule has 1 aromatic heterocycles. The molecule has 0 radical (unpaired) electrons. The number of benzene rings is 1. The van der Waals surface area contributed by atoms with E-state index in [2.05, 4.69) is 20.3 Å². The molecule has 1 aromatic carbocycles. The Morgan fingerprint density at radius 2 is 1.83 bits per heavy atom. The maximum absolute atomic E-state index is 12.1. The Morgan fingerprint density at radius 3 is 2.52 bits per heavy atom. The lowest BCUT2D eigenvalue weighted by molar-refractivity contribution is -0.137. The first kappa shape index (κ1) is 14.6. The Bertz CT molecular complexity index is 776. The summed E-state index contributed by atoms with van der Waals surface area (Å²) in [7, 11) is 1.51. The molecule has 0 aliphatic carbocycles. The van der Waals surface area contributed by atoms with Gasteiger partial charge < -0.3 is 14.8 Å². The number of nitrogens with zero attached hydrogens (tertiary/aromatic N) is 3. The number of amides is 2. The molecular weight excluding hydrogens is 300 g/mol. The predicted molar refractivity (Wildman–Crippen MR) is 79.1 cm³/mol. The van der Waals surface area contributed by atoms with Crippen LogP contribution in [0, 0.1) is 0 Å². The molecule has 0 fully saturated rings. The quantitative estimate of drug-likeness (QED) is 0.816. The molecule has 1 aliphatic heterocycles. The van der Waals surface area contributed by atoms with Gasteiger partial charge in [-0.1, -0.05) is 6.07 Å². The van der Waals surface area contributed by atoms with Crippen molar-refractivity contribution in [1.29, 1.82) is 0 Å². The van der Waals surface area contributed by atoms with Crippen LogP contribution in [0.2, 0.25) is 0 Å². The second kappa shape index (κ2) is 6.22. The van der Waals surface area contributed by atoms with E-state index >= 15 is 0 Å². The number of ether oxygens (including phenoxy) is 2. The molecule has 1 atom stereocenters. The topological polar surface area (TPSA) is 103 Å². The first-order chi connectivity index (χ1) is 11.2. The molecule has 8 heteroatoms. The summed E-state index contributed by atoms with van der Waals surface area (Å²) in [6.07, 6.45) is 1.61. The van der Waals surface area contributed by atoms with E-state index in [1.165, 1.54) is 19.5 Å². The number of hydrogen-bond donors (Lipinski definition) is 1. The zero-order valence-corrected chi connectivity index (χ0v) is 12.1. The predicted octanol–water partition coefficient (Wildman–Crippen LogP) is 0.336. The minimum atomic E-state index is -1.37. The molecule has 1 aliphatic rings. The third-order valence-corrected chi connectivity index (χ3v) is 3.00. The van der Waals surface area contributed by atoms with Crippen LogP contribution in [-0.4, -0.2) is 40.8 Å². The summed E-state index contributed by atoms with van der Waals surface area (Å²) in [5.41, 5.74) is 0. The highest BCUT2D eigenvalue weighted by Gasteiger charge is 2.35. The van der Waals surface area contributed by atoms with Crippen LogP contribution < -0.4 is 14.8 Å². The molecule has 2 amide bonds. The van der Waals surface area contributed by atoms with Gasteiger partial charge in [0.2, 0.25) is 0 Å². The number of hydrogen-bond acceptors (Lipinski definition) is 6. The van der Waals surface area contributed by atoms with Crippen molar-refractivity contribution in [2.24, 2.45) is 4.99 Å². The molecule has 0 spiro atoms. The molecule has 8 nitrogen and oxygen atoms in total. The maximum Gasteiger partial charge on any atom is 0.298 e. The van der Waals surface area contributed by atoms with Crippen LogP contribution in [0.25, 0.3) is 0 Å². The molecule has 116 valence electrons. The van der Waals surface area contributed by atoms with E-state index in [1.807, 2.05) is 0 Å². The molecule has 0 bridgehead atoms. The normalized spacial score (nSPS) is 17.3. The summed E-state index contributed by atoms with van der Waals surface area (Å²) >= 11 is 0. The Balaban J connectivity index is 1.81. The summed E-state index contributed by atoms with van der Waals surface area (Å²) in [4.78, 5) is 35.9. The lowest BCUT2D eigenvalue weighted by Crippen LogP contribution is -2.50. The second-order valence-corrected chi connectivity index (χ2v) is 4.54. The van der Waals surface area contributed by atoms with Crippen LogP contribution in [-0.2, 0) is 9.59 Å². The fourth-order valence-electron chi connectivity index (χ4n) is 1.93. The smallest absolute Gasteiger partial charge is 0.298 e. The van der Waals surface area contributed by atoms with Gasteiger partial charge in [-0.05, 0) is 18.2 Å². The molecular formula is C15H12N4O4. The van der Waals surface area contributed by atoms with Gasteiger partial charge in [-0.25, -0.2) is 9.97 Å². The van der Waals surface area contributed by atoms with Gasteiger partial charge >= 0.3 is 0 Å². The summed E-state index contributed by atoms with van der Waals surface area (Å²) in [6.45, 7) is 0. The van der Waals surface area contributed by atoms with Gasteiger partial charge in [0.1, 0.15) is 11.5 Å². The number of carbonyl (C=O) groups excluding carboxylic acids is 2. The van der Waals surface area contributed by atoms with E-state index in [0.717, 1.165) is 0 Å². The van der Waals surface area contributed by atoms with Crippen molar-refractivity contribution < 1.29 is 19.1 Å². The Hall–Kier alpha value is -3.29. The van der Waals surface area contributed by atoms with Gasteiger partial charge in [0.05, 0.1) is 7.11 Å². The lowest BCUT2D eigenvalue weighted by atomic mass is 10.2. The molecule has 0 saturated heterocycles. The van der Waals surface area contributed by atoms with Crippen molar-refractivity contribution in [3.8, 4) is 11.5 Å². The monoisotopic (exact) mass is 312 g/mol. The van der Waals surface area contributed by atoms with Gasteiger partial charge in [-0.2, -0.15) is 4.99 Å². The standard InChI is InChI=1S/C15H12N4O4/c1-22-9-4-2-5-10(8-9)23-11-14(20)18-13(19-15(11)21)12-16-6-3-7-17-12/h2-8,11H,1H3,(H,18,19,20,21). The van der Waals surface area contributed by atoms with Crippen molar-refractivity contribution in [3.05, 3.63) is 48.5 Å². The van der Waals surface area contributed by atoms with E-state index < -0.39 is 17.9 Å². The number of rotatable bonds is 4.